The molecule has 0 aliphatic carbocycles. The van der Waals surface area contributed by atoms with Crippen LogP contribution in [0.4, 0.5) is 4.39 Å². The van der Waals surface area contributed by atoms with Crippen LogP contribution in [0.5, 0.6) is 0 Å². The number of rotatable bonds is 9. The summed E-state index contributed by atoms with van der Waals surface area (Å²) in [7, 11) is 0. The summed E-state index contributed by atoms with van der Waals surface area (Å²) in [6, 6.07) is 11.9. The molecule has 0 spiro atoms. The summed E-state index contributed by atoms with van der Waals surface area (Å²) in [5, 5.41) is -0.117. The number of aryl methyl sites for hydroxylation is 2. The number of nitrogens with zero attached hydrogens (tertiary/aromatic N) is 3. The second kappa shape index (κ2) is 10.00. The van der Waals surface area contributed by atoms with E-state index in [1.807, 2.05) is 37.6 Å². The summed E-state index contributed by atoms with van der Waals surface area (Å²) < 4.78 is 20.1. The highest BCUT2D eigenvalue weighted by Crippen LogP contribution is 2.50. The zero-order valence-electron chi connectivity index (χ0n) is 20.1. The maximum absolute atomic E-state index is 13.7. The molecule has 0 N–H and O–H groups in total. The predicted molar refractivity (Wildman–Crippen MR) is 132 cm³/mol. The normalized spacial score (nSPS) is 20.3. The van der Waals surface area contributed by atoms with Crippen LogP contribution >= 0.6 is 11.3 Å². The zero-order valence-corrected chi connectivity index (χ0v) is 20.9. The largest absolute Gasteiger partial charge is 0.373 e. The first-order valence-corrected chi connectivity index (χ1v) is 12.6. The van der Waals surface area contributed by atoms with Gasteiger partial charge >= 0.3 is 0 Å². The third kappa shape index (κ3) is 5.18. The topological polar surface area (TPSA) is 38.2 Å². The van der Waals surface area contributed by atoms with Crippen LogP contribution in [0.1, 0.15) is 61.4 Å². The van der Waals surface area contributed by atoms with Gasteiger partial charge in [0.15, 0.2) is 5.13 Å². The summed E-state index contributed by atoms with van der Waals surface area (Å²) in [4.78, 5) is 12.6. The van der Waals surface area contributed by atoms with Crippen molar-refractivity contribution in [1.29, 1.82) is 0 Å². The van der Waals surface area contributed by atoms with Gasteiger partial charge in [0, 0.05) is 53.3 Å². The minimum Gasteiger partial charge on any atom is -0.373 e. The van der Waals surface area contributed by atoms with Crippen molar-refractivity contribution >= 4 is 11.3 Å². The smallest absolute Gasteiger partial charge is 0.176 e. The molecular weight excluding hydrogens is 433 g/mol. The lowest BCUT2D eigenvalue weighted by molar-refractivity contribution is -0.0437. The third-order valence-electron chi connectivity index (χ3n) is 7.17. The number of hydrogen-bond donors (Lipinski definition) is 0. The summed E-state index contributed by atoms with van der Waals surface area (Å²) >= 11 is 1.25. The van der Waals surface area contributed by atoms with E-state index in [0.29, 0.717) is 6.61 Å². The Hall–Kier alpha value is -2.15. The molecule has 0 aromatic carbocycles. The quantitative estimate of drug-likeness (QED) is 0.369. The number of aromatic nitrogens is 2. The second-order valence-corrected chi connectivity index (χ2v) is 10.7. The summed E-state index contributed by atoms with van der Waals surface area (Å²) in [6.45, 7) is 11.2. The van der Waals surface area contributed by atoms with Gasteiger partial charge in [0.25, 0.3) is 0 Å². The van der Waals surface area contributed by atoms with E-state index in [2.05, 4.69) is 53.8 Å². The monoisotopic (exact) mass is 467 g/mol. The molecule has 1 aliphatic heterocycles. The molecule has 4 heterocycles. The van der Waals surface area contributed by atoms with E-state index in [1.54, 1.807) is 6.07 Å². The van der Waals surface area contributed by atoms with E-state index in [0.717, 1.165) is 48.5 Å². The van der Waals surface area contributed by atoms with E-state index in [9.17, 15) is 4.39 Å². The lowest BCUT2D eigenvalue weighted by Crippen LogP contribution is -2.43. The van der Waals surface area contributed by atoms with Crippen LogP contribution in [0, 0.1) is 17.5 Å². The van der Waals surface area contributed by atoms with Gasteiger partial charge in [-0.25, -0.2) is 0 Å². The van der Waals surface area contributed by atoms with Crippen molar-refractivity contribution in [3.8, 4) is 0 Å². The van der Waals surface area contributed by atoms with Crippen LogP contribution in [0.3, 0.4) is 0 Å². The number of thiophene rings is 1. The molecule has 4 rings (SSSR count). The average Bonchev–Trinajstić information content (AvgIpc) is 3.44. The van der Waals surface area contributed by atoms with Gasteiger partial charge in [-0.15, -0.1) is 11.3 Å². The molecule has 0 radical (unpaired) electrons. The second-order valence-electron chi connectivity index (χ2n) is 9.61. The molecule has 33 heavy (non-hydrogen) atoms. The molecule has 2 atom stereocenters. The Morgan fingerprint density at radius 3 is 2.70 bits per heavy atom. The molecule has 1 aliphatic rings. The van der Waals surface area contributed by atoms with Crippen molar-refractivity contribution in [2.45, 2.75) is 58.6 Å². The van der Waals surface area contributed by atoms with Gasteiger partial charge in [-0.2, -0.15) is 4.39 Å². The molecule has 1 fully saturated rings. The van der Waals surface area contributed by atoms with E-state index >= 15 is 0 Å². The van der Waals surface area contributed by atoms with Crippen molar-refractivity contribution in [1.82, 2.24) is 14.9 Å². The molecule has 0 saturated carbocycles. The molecule has 3 aromatic rings. The summed E-state index contributed by atoms with van der Waals surface area (Å²) in [5.41, 5.74) is 3.13. The van der Waals surface area contributed by atoms with E-state index in [-0.39, 0.29) is 22.2 Å². The predicted octanol–water partition coefficient (Wildman–Crippen LogP) is 6.32. The van der Waals surface area contributed by atoms with Crippen LogP contribution in [0.15, 0.2) is 55.0 Å². The molecule has 0 bridgehead atoms. The first-order valence-electron chi connectivity index (χ1n) is 11.8. The Kier molecular flexibility index (Phi) is 7.27. The van der Waals surface area contributed by atoms with Crippen LogP contribution in [0.2, 0.25) is 0 Å². The maximum Gasteiger partial charge on any atom is 0.176 e. The molecule has 176 valence electrons. The fraction of sp³-hybridized carbons (Fsp3) is 0.481. The van der Waals surface area contributed by atoms with Crippen molar-refractivity contribution < 1.29 is 9.13 Å². The Morgan fingerprint density at radius 2 is 2.06 bits per heavy atom. The van der Waals surface area contributed by atoms with E-state index in [4.69, 9.17) is 4.74 Å². The molecule has 6 heteroatoms. The SMILES string of the molecule is CCO[C@@H](c1cccnc1)[C@@]1(CCc2ccc(F)s2)CCN(C(C)(C)c2ccc(C)nc2)C1. The average molecular weight is 468 g/mol. The number of halogens is 1. The third-order valence-corrected chi connectivity index (χ3v) is 8.10. The van der Waals surface area contributed by atoms with Crippen molar-refractivity contribution in [3.63, 3.8) is 0 Å². The van der Waals surface area contributed by atoms with Crippen LogP contribution in [0.25, 0.3) is 0 Å². The van der Waals surface area contributed by atoms with Crippen molar-refractivity contribution in [3.05, 3.63) is 81.8 Å². The van der Waals surface area contributed by atoms with Crippen LogP contribution in [-0.2, 0) is 16.7 Å². The van der Waals surface area contributed by atoms with Crippen LogP contribution in [-0.4, -0.2) is 34.6 Å². The first kappa shape index (κ1) is 24.0. The Morgan fingerprint density at radius 1 is 1.21 bits per heavy atom. The number of pyridine rings is 2. The standard InChI is InChI=1S/C27H34FN3OS/c1-5-32-25(21-7-6-15-29-17-21)27(13-12-23-10-11-24(28)33-23)14-16-31(19-27)26(3,4)22-9-8-20(2)30-18-22/h6-11,15,17-18,25H,5,12-14,16,19H2,1-4H3/t25-,27-/m0/s1. The maximum atomic E-state index is 13.7. The van der Waals surface area contributed by atoms with Gasteiger partial charge in [0.05, 0.1) is 6.10 Å². The number of hydrogen-bond acceptors (Lipinski definition) is 5. The Balaban J connectivity index is 1.66. The Bertz CT molecular complexity index is 1040. The van der Waals surface area contributed by atoms with Gasteiger partial charge < -0.3 is 4.74 Å². The number of likely N-dealkylation sites (tertiary alicyclic amines) is 1. The molecule has 1 saturated heterocycles. The van der Waals surface area contributed by atoms with Gasteiger partial charge in [0.1, 0.15) is 0 Å². The van der Waals surface area contributed by atoms with E-state index < -0.39 is 0 Å². The highest BCUT2D eigenvalue weighted by Gasteiger charge is 2.49. The molecule has 0 amide bonds. The summed E-state index contributed by atoms with van der Waals surface area (Å²) in [5.74, 6) is 0. The molecular formula is C27H34FN3OS. The zero-order chi connectivity index (χ0) is 23.5. The highest BCUT2D eigenvalue weighted by atomic mass is 32.1. The van der Waals surface area contributed by atoms with Gasteiger partial charge in [0.2, 0.25) is 0 Å². The number of ether oxygens (including phenoxy) is 1. The summed E-state index contributed by atoms with van der Waals surface area (Å²) in [6.07, 6.45) is 8.49. The van der Waals surface area contributed by atoms with Gasteiger partial charge in [-0.1, -0.05) is 12.1 Å². The first-order chi connectivity index (χ1) is 15.8. The molecule has 3 aromatic heterocycles. The van der Waals surface area contributed by atoms with E-state index in [1.165, 1.54) is 16.9 Å². The fourth-order valence-corrected chi connectivity index (χ4v) is 5.84. The molecule has 0 unspecified atom stereocenters. The van der Waals surface area contributed by atoms with Crippen LogP contribution < -0.4 is 0 Å². The fourth-order valence-electron chi connectivity index (χ4n) is 5.12. The highest BCUT2D eigenvalue weighted by molar-refractivity contribution is 7.10. The lowest BCUT2D eigenvalue weighted by Gasteiger charge is -2.41. The van der Waals surface area contributed by atoms with Gasteiger partial charge in [-0.3, -0.25) is 14.9 Å². The minimum atomic E-state index is -0.150. The van der Waals surface area contributed by atoms with Crippen molar-refractivity contribution in [2.75, 3.05) is 19.7 Å². The lowest BCUT2D eigenvalue weighted by atomic mass is 9.74. The van der Waals surface area contributed by atoms with Crippen molar-refractivity contribution in [2.24, 2.45) is 5.41 Å². The molecule has 4 nitrogen and oxygen atoms in total. The minimum absolute atomic E-state index is 0.0575. The Labute approximate surface area is 200 Å². The van der Waals surface area contributed by atoms with Gasteiger partial charge in [-0.05, 0) is 88.9 Å².